The molecule has 102 valence electrons. The summed E-state index contributed by atoms with van der Waals surface area (Å²) >= 11 is 1.57. The van der Waals surface area contributed by atoms with E-state index in [0.29, 0.717) is 12.1 Å². The molecule has 0 aromatic carbocycles. The van der Waals surface area contributed by atoms with Crippen LogP contribution in [0, 0.1) is 6.92 Å². The molecule has 2 rings (SSSR count). The van der Waals surface area contributed by atoms with E-state index in [-0.39, 0.29) is 5.91 Å². The number of rotatable bonds is 4. The zero-order valence-electron chi connectivity index (χ0n) is 11.2. The lowest BCUT2D eigenvalue weighted by Crippen LogP contribution is -2.35. The molecule has 2 aromatic rings. The Morgan fingerprint density at radius 2 is 2.37 bits per heavy atom. The Bertz CT molecular complexity index is 576. The highest BCUT2D eigenvalue weighted by molar-refractivity contribution is 7.09. The molecule has 2 aromatic heterocycles. The van der Waals surface area contributed by atoms with Gasteiger partial charge in [0.25, 0.3) is 0 Å². The van der Waals surface area contributed by atoms with Gasteiger partial charge in [-0.05, 0) is 6.92 Å². The first-order valence-corrected chi connectivity index (χ1v) is 6.75. The van der Waals surface area contributed by atoms with Gasteiger partial charge < -0.3 is 10.6 Å². The Balaban J connectivity index is 2.02. The summed E-state index contributed by atoms with van der Waals surface area (Å²) in [5.74, 6) is -0.140. The molecular weight excluding hydrogens is 262 g/mol. The fraction of sp³-hybridized carbons (Fsp3) is 0.417. The van der Waals surface area contributed by atoms with Crippen LogP contribution in [0.1, 0.15) is 22.3 Å². The van der Waals surface area contributed by atoms with E-state index in [1.807, 2.05) is 12.3 Å². The lowest BCUT2D eigenvalue weighted by Gasteiger charge is -2.19. The molecule has 0 bridgehead atoms. The monoisotopic (exact) mass is 279 g/mol. The van der Waals surface area contributed by atoms with Crippen molar-refractivity contribution in [3.8, 4) is 0 Å². The van der Waals surface area contributed by atoms with Gasteiger partial charge in [0.2, 0.25) is 5.91 Å². The number of hydrogen-bond donors (Lipinski definition) is 1. The van der Waals surface area contributed by atoms with Crippen LogP contribution in [0.2, 0.25) is 0 Å². The van der Waals surface area contributed by atoms with Gasteiger partial charge in [-0.1, -0.05) is 0 Å². The maximum absolute atomic E-state index is 12.2. The summed E-state index contributed by atoms with van der Waals surface area (Å²) < 4.78 is 1.63. The second-order valence-corrected chi connectivity index (χ2v) is 5.54. The van der Waals surface area contributed by atoms with Gasteiger partial charge in [-0.3, -0.25) is 9.48 Å². The Hall–Kier alpha value is -1.73. The van der Waals surface area contributed by atoms with Gasteiger partial charge in [-0.15, -0.1) is 11.3 Å². The molecule has 19 heavy (non-hydrogen) atoms. The molecule has 0 radical (unpaired) electrons. The molecule has 1 atom stereocenters. The number of nitrogens with zero attached hydrogens (tertiary/aromatic N) is 4. The first kappa shape index (κ1) is 13.7. The van der Waals surface area contributed by atoms with E-state index in [4.69, 9.17) is 5.73 Å². The minimum absolute atomic E-state index is 0.140. The molecule has 1 amide bonds. The minimum atomic E-state index is -0.682. The lowest BCUT2D eigenvalue weighted by molar-refractivity contribution is -0.132. The van der Waals surface area contributed by atoms with Crippen molar-refractivity contribution < 1.29 is 4.79 Å². The van der Waals surface area contributed by atoms with Gasteiger partial charge in [0.1, 0.15) is 6.04 Å². The second kappa shape index (κ2) is 5.50. The summed E-state index contributed by atoms with van der Waals surface area (Å²) in [6.45, 7) is 2.41. The molecular formula is C12H17N5OS. The highest BCUT2D eigenvalue weighted by Crippen LogP contribution is 2.14. The van der Waals surface area contributed by atoms with Crippen molar-refractivity contribution >= 4 is 17.2 Å². The SMILES string of the molecule is Cc1nc(CN(C)C(=O)C(N)c2cnn(C)c2)cs1. The first-order chi connectivity index (χ1) is 8.97. The molecule has 0 saturated carbocycles. The van der Waals surface area contributed by atoms with Crippen molar-refractivity contribution in [1.82, 2.24) is 19.7 Å². The zero-order chi connectivity index (χ0) is 14.0. The lowest BCUT2D eigenvalue weighted by atomic mass is 10.1. The Morgan fingerprint density at radius 1 is 1.63 bits per heavy atom. The largest absolute Gasteiger partial charge is 0.338 e. The number of carbonyl (C=O) groups excluding carboxylic acids is 1. The molecule has 2 N–H and O–H groups in total. The van der Waals surface area contributed by atoms with Crippen LogP contribution in [0.15, 0.2) is 17.8 Å². The molecule has 7 heteroatoms. The van der Waals surface area contributed by atoms with Gasteiger partial charge in [0, 0.05) is 31.2 Å². The third-order valence-electron chi connectivity index (χ3n) is 2.79. The number of aromatic nitrogens is 3. The van der Waals surface area contributed by atoms with Crippen LogP contribution in [0.3, 0.4) is 0 Å². The fourth-order valence-corrected chi connectivity index (χ4v) is 2.39. The summed E-state index contributed by atoms with van der Waals surface area (Å²) in [6.07, 6.45) is 3.37. The van der Waals surface area contributed by atoms with Crippen LogP contribution in [-0.2, 0) is 18.4 Å². The fourth-order valence-electron chi connectivity index (χ4n) is 1.78. The van der Waals surface area contributed by atoms with E-state index in [2.05, 4.69) is 10.1 Å². The molecule has 0 aliphatic carbocycles. The number of thiazole rings is 1. The smallest absolute Gasteiger partial charge is 0.244 e. The maximum Gasteiger partial charge on any atom is 0.244 e. The van der Waals surface area contributed by atoms with Gasteiger partial charge in [-0.2, -0.15) is 5.10 Å². The Labute approximate surface area is 115 Å². The van der Waals surface area contributed by atoms with Crippen molar-refractivity contribution in [2.24, 2.45) is 12.8 Å². The van der Waals surface area contributed by atoms with Crippen molar-refractivity contribution in [3.63, 3.8) is 0 Å². The predicted molar refractivity (Wildman–Crippen MR) is 73.5 cm³/mol. The van der Waals surface area contributed by atoms with E-state index in [0.717, 1.165) is 10.7 Å². The van der Waals surface area contributed by atoms with Crippen molar-refractivity contribution in [2.45, 2.75) is 19.5 Å². The minimum Gasteiger partial charge on any atom is -0.338 e. The molecule has 0 aliphatic heterocycles. The van der Waals surface area contributed by atoms with Crippen LogP contribution in [-0.4, -0.2) is 32.6 Å². The summed E-state index contributed by atoms with van der Waals surface area (Å²) in [7, 11) is 3.52. The maximum atomic E-state index is 12.2. The van der Waals surface area contributed by atoms with Gasteiger partial charge in [-0.25, -0.2) is 4.98 Å². The van der Waals surface area contributed by atoms with E-state index in [1.165, 1.54) is 0 Å². The average molecular weight is 279 g/mol. The van der Waals surface area contributed by atoms with E-state index >= 15 is 0 Å². The number of aryl methyl sites for hydroxylation is 2. The van der Waals surface area contributed by atoms with Crippen LogP contribution in [0.5, 0.6) is 0 Å². The summed E-state index contributed by atoms with van der Waals surface area (Å²) in [4.78, 5) is 18.1. The topological polar surface area (TPSA) is 77.0 Å². The number of likely N-dealkylation sites (N-methyl/N-ethyl adjacent to an activating group) is 1. The number of amides is 1. The van der Waals surface area contributed by atoms with Crippen molar-refractivity contribution in [3.05, 3.63) is 34.0 Å². The van der Waals surface area contributed by atoms with Crippen molar-refractivity contribution in [2.75, 3.05) is 7.05 Å². The van der Waals surface area contributed by atoms with Gasteiger partial charge in [0.15, 0.2) is 0 Å². The Morgan fingerprint density at radius 3 is 2.89 bits per heavy atom. The van der Waals surface area contributed by atoms with Crippen LogP contribution in [0.25, 0.3) is 0 Å². The van der Waals surface area contributed by atoms with E-state index in [1.54, 1.807) is 47.4 Å². The molecule has 0 aliphatic rings. The average Bonchev–Trinajstić information content (AvgIpc) is 2.96. The first-order valence-electron chi connectivity index (χ1n) is 5.87. The molecule has 0 saturated heterocycles. The molecule has 0 fully saturated rings. The molecule has 1 unspecified atom stereocenters. The number of hydrogen-bond acceptors (Lipinski definition) is 5. The third-order valence-corrected chi connectivity index (χ3v) is 3.61. The summed E-state index contributed by atoms with van der Waals surface area (Å²) in [5, 5.41) is 6.97. The second-order valence-electron chi connectivity index (χ2n) is 4.48. The van der Waals surface area contributed by atoms with Crippen LogP contribution >= 0.6 is 11.3 Å². The highest BCUT2D eigenvalue weighted by atomic mass is 32.1. The molecule has 6 nitrogen and oxygen atoms in total. The normalized spacial score (nSPS) is 12.4. The standard InChI is InChI=1S/C12H17N5OS/c1-8-15-10(7-19-8)6-16(2)12(18)11(13)9-4-14-17(3)5-9/h4-5,7,11H,6,13H2,1-3H3. The van der Waals surface area contributed by atoms with E-state index in [9.17, 15) is 4.79 Å². The quantitative estimate of drug-likeness (QED) is 0.900. The number of carbonyl (C=O) groups is 1. The highest BCUT2D eigenvalue weighted by Gasteiger charge is 2.21. The summed E-state index contributed by atoms with van der Waals surface area (Å²) in [6, 6.07) is -0.682. The van der Waals surface area contributed by atoms with E-state index < -0.39 is 6.04 Å². The molecule has 0 spiro atoms. The number of nitrogens with two attached hydrogens (primary N) is 1. The van der Waals surface area contributed by atoms with Gasteiger partial charge >= 0.3 is 0 Å². The third kappa shape index (κ3) is 3.18. The zero-order valence-corrected chi connectivity index (χ0v) is 12.0. The van der Waals surface area contributed by atoms with Gasteiger partial charge in [0.05, 0.1) is 23.4 Å². The Kier molecular flexibility index (Phi) is 3.96. The predicted octanol–water partition coefficient (Wildman–Crippen LogP) is 0.843. The van der Waals surface area contributed by atoms with Crippen LogP contribution in [0.4, 0.5) is 0 Å². The summed E-state index contributed by atoms with van der Waals surface area (Å²) in [5.41, 5.74) is 7.55. The van der Waals surface area contributed by atoms with Crippen molar-refractivity contribution in [1.29, 1.82) is 0 Å². The van der Waals surface area contributed by atoms with Crippen LogP contribution < -0.4 is 5.73 Å². The molecule has 2 heterocycles.